The second-order valence-electron chi connectivity index (χ2n) is 7.58. The van der Waals surface area contributed by atoms with Crippen LogP contribution in [-0.4, -0.2) is 30.6 Å². The number of nitrogens with one attached hydrogen (secondary N) is 2. The van der Waals surface area contributed by atoms with E-state index >= 15 is 0 Å². The largest absolute Gasteiger partial charge is 0.362 e. The number of anilines is 2. The van der Waals surface area contributed by atoms with Crippen molar-refractivity contribution in [2.75, 3.05) is 10.6 Å². The van der Waals surface area contributed by atoms with E-state index in [2.05, 4.69) is 30.7 Å². The standard InChI is InChI=1S/C23H24FN7O/c1-4-31-13-20-23(30-31)29-21(12-26-20)27-15(3)19-9-18(7-5-14(19)2)28-22(32)10-17-8-6-16(24)11-25-17/h5-9,11-13,15H,4,10H2,1-3H3,(H,28,32)(H,27,29,30)/t15-/m0/s1. The van der Waals surface area contributed by atoms with E-state index < -0.39 is 5.82 Å². The third-order valence-corrected chi connectivity index (χ3v) is 5.12. The summed E-state index contributed by atoms with van der Waals surface area (Å²) in [5.41, 5.74) is 4.62. The topological polar surface area (TPSA) is 97.6 Å². The van der Waals surface area contributed by atoms with E-state index in [0.29, 0.717) is 22.8 Å². The van der Waals surface area contributed by atoms with Gasteiger partial charge in [-0.3, -0.25) is 14.5 Å². The Labute approximate surface area is 184 Å². The number of hydrogen-bond donors (Lipinski definition) is 2. The molecule has 0 spiro atoms. The number of benzene rings is 1. The van der Waals surface area contributed by atoms with Crippen molar-refractivity contribution in [1.82, 2.24) is 24.7 Å². The smallest absolute Gasteiger partial charge is 0.230 e. The third kappa shape index (κ3) is 4.88. The van der Waals surface area contributed by atoms with Crippen molar-refractivity contribution >= 4 is 28.6 Å². The summed E-state index contributed by atoms with van der Waals surface area (Å²) in [6.45, 7) is 6.80. The van der Waals surface area contributed by atoms with Gasteiger partial charge in [-0.2, -0.15) is 5.10 Å². The number of carbonyl (C=O) groups excluding carboxylic acids is 1. The Morgan fingerprint density at radius 2 is 2.03 bits per heavy atom. The van der Waals surface area contributed by atoms with Gasteiger partial charge in [0, 0.05) is 17.9 Å². The van der Waals surface area contributed by atoms with Gasteiger partial charge in [-0.05, 0) is 56.2 Å². The maximum Gasteiger partial charge on any atom is 0.230 e. The molecule has 1 atom stereocenters. The zero-order valence-corrected chi connectivity index (χ0v) is 18.1. The monoisotopic (exact) mass is 433 g/mol. The van der Waals surface area contributed by atoms with Crippen LogP contribution in [0.4, 0.5) is 15.9 Å². The lowest BCUT2D eigenvalue weighted by Crippen LogP contribution is -2.16. The molecule has 2 N–H and O–H groups in total. The quantitative estimate of drug-likeness (QED) is 0.456. The summed E-state index contributed by atoms with van der Waals surface area (Å²) in [5.74, 6) is -0.0219. The van der Waals surface area contributed by atoms with Crippen LogP contribution < -0.4 is 10.6 Å². The van der Waals surface area contributed by atoms with Gasteiger partial charge in [0.15, 0.2) is 0 Å². The lowest BCUT2D eigenvalue weighted by Gasteiger charge is -2.18. The second-order valence-corrected chi connectivity index (χ2v) is 7.58. The van der Waals surface area contributed by atoms with Crippen molar-refractivity contribution < 1.29 is 9.18 Å². The molecule has 1 amide bonds. The molecule has 8 nitrogen and oxygen atoms in total. The van der Waals surface area contributed by atoms with Crippen LogP contribution in [0.5, 0.6) is 0 Å². The lowest BCUT2D eigenvalue weighted by molar-refractivity contribution is -0.115. The van der Waals surface area contributed by atoms with Gasteiger partial charge in [0.05, 0.1) is 31.1 Å². The first-order valence-electron chi connectivity index (χ1n) is 10.4. The van der Waals surface area contributed by atoms with Crippen LogP contribution in [0.3, 0.4) is 0 Å². The van der Waals surface area contributed by atoms with E-state index in [0.717, 1.165) is 29.4 Å². The molecular formula is C23H24FN7O. The minimum absolute atomic E-state index is 0.0668. The summed E-state index contributed by atoms with van der Waals surface area (Å²) < 4.78 is 14.8. The van der Waals surface area contributed by atoms with Crippen LogP contribution in [0.15, 0.2) is 48.9 Å². The van der Waals surface area contributed by atoms with Crippen molar-refractivity contribution in [3.05, 3.63) is 71.6 Å². The Morgan fingerprint density at radius 3 is 2.78 bits per heavy atom. The second kappa shape index (κ2) is 9.09. The van der Waals surface area contributed by atoms with Gasteiger partial charge in [-0.15, -0.1) is 0 Å². The van der Waals surface area contributed by atoms with E-state index in [-0.39, 0.29) is 18.4 Å². The molecule has 164 valence electrons. The summed E-state index contributed by atoms with van der Waals surface area (Å²) in [6.07, 6.45) is 4.73. The van der Waals surface area contributed by atoms with Crippen LogP contribution >= 0.6 is 0 Å². The van der Waals surface area contributed by atoms with Gasteiger partial charge in [0.1, 0.15) is 17.2 Å². The van der Waals surface area contributed by atoms with Crippen LogP contribution in [0, 0.1) is 12.7 Å². The molecule has 0 aliphatic heterocycles. The number of nitrogens with zero attached hydrogens (tertiary/aromatic N) is 5. The first-order valence-corrected chi connectivity index (χ1v) is 10.4. The molecule has 0 saturated heterocycles. The lowest BCUT2D eigenvalue weighted by atomic mass is 10.0. The van der Waals surface area contributed by atoms with Crippen molar-refractivity contribution in [3.63, 3.8) is 0 Å². The minimum Gasteiger partial charge on any atom is -0.362 e. The third-order valence-electron chi connectivity index (χ3n) is 5.12. The maximum atomic E-state index is 13.0. The van der Waals surface area contributed by atoms with E-state index in [9.17, 15) is 9.18 Å². The van der Waals surface area contributed by atoms with Crippen LogP contribution in [0.25, 0.3) is 11.2 Å². The van der Waals surface area contributed by atoms with Gasteiger partial charge < -0.3 is 10.6 Å². The van der Waals surface area contributed by atoms with Crippen LogP contribution in [0.1, 0.15) is 36.7 Å². The van der Waals surface area contributed by atoms with Gasteiger partial charge in [-0.25, -0.2) is 14.4 Å². The first-order chi connectivity index (χ1) is 15.4. The fourth-order valence-electron chi connectivity index (χ4n) is 3.44. The Morgan fingerprint density at radius 1 is 1.19 bits per heavy atom. The molecule has 0 unspecified atom stereocenters. The number of carbonyl (C=O) groups is 1. The van der Waals surface area contributed by atoms with Gasteiger partial charge in [0.2, 0.25) is 11.6 Å². The number of fused-ring (bicyclic) bond motifs is 1. The Balaban J connectivity index is 1.46. The normalized spacial score (nSPS) is 12.0. The molecule has 0 aliphatic rings. The van der Waals surface area contributed by atoms with E-state index in [4.69, 9.17) is 0 Å². The fourth-order valence-corrected chi connectivity index (χ4v) is 3.44. The highest BCUT2D eigenvalue weighted by atomic mass is 19.1. The molecule has 0 aliphatic carbocycles. The van der Waals surface area contributed by atoms with E-state index in [1.54, 1.807) is 10.9 Å². The molecule has 3 aromatic heterocycles. The van der Waals surface area contributed by atoms with Gasteiger partial charge >= 0.3 is 0 Å². The molecular weight excluding hydrogens is 409 g/mol. The molecule has 32 heavy (non-hydrogen) atoms. The molecule has 4 aromatic rings. The number of halogens is 1. The van der Waals surface area contributed by atoms with Crippen LogP contribution in [-0.2, 0) is 17.8 Å². The Kier molecular flexibility index (Phi) is 6.07. The predicted octanol–water partition coefficient (Wildman–Crippen LogP) is 4.04. The zero-order chi connectivity index (χ0) is 22.7. The van der Waals surface area contributed by atoms with Crippen molar-refractivity contribution in [1.29, 1.82) is 0 Å². The van der Waals surface area contributed by atoms with Crippen molar-refractivity contribution in [2.45, 2.75) is 39.8 Å². The molecule has 0 fully saturated rings. The summed E-state index contributed by atoms with van der Waals surface area (Å²) in [5, 5.41) is 10.7. The first kappa shape index (κ1) is 21.4. The number of aryl methyl sites for hydroxylation is 2. The van der Waals surface area contributed by atoms with E-state index in [1.807, 2.05) is 45.2 Å². The Bertz CT molecular complexity index is 1250. The van der Waals surface area contributed by atoms with Crippen LogP contribution in [0.2, 0.25) is 0 Å². The Hall–Kier alpha value is -3.88. The molecule has 0 saturated carbocycles. The summed E-state index contributed by atoms with van der Waals surface area (Å²) in [6, 6.07) is 8.46. The highest BCUT2D eigenvalue weighted by Crippen LogP contribution is 2.25. The fraction of sp³-hybridized carbons (Fsp3) is 0.261. The number of hydrogen-bond acceptors (Lipinski definition) is 6. The summed E-state index contributed by atoms with van der Waals surface area (Å²) in [7, 11) is 0. The molecule has 3 heterocycles. The minimum atomic E-state index is -0.429. The molecule has 0 bridgehead atoms. The molecule has 9 heteroatoms. The number of rotatable bonds is 7. The zero-order valence-electron chi connectivity index (χ0n) is 18.1. The highest BCUT2D eigenvalue weighted by Gasteiger charge is 2.13. The number of amides is 1. The molecule has 0 radical (unpaired) electrons. The molecule has 4 rings (SSSR count). The number of pyridine rings is 1. The van der Waals surface area contributed by atoms with E-state index in [1.165, 1.54) is 12.1 Å². The van der Waals surface area contributed by atoms with Gasteiger partial charge in [0.25, 0.3) is 0 Å². The highest BCUT2D eigenvalue weighted by molar-refractivity contribution is 5.92. The predicted molar refractivity (Wildman–Crippen MR) is 121 cm³/mol. The summed E-state index contributed by atoms with van der Waals surface area (Å²) in [4.78, 5) is 25.3. The van der Waals surface area contributed by atoms with Gasteiger partial charge in [-0.1, -0.05) is 6.07 Å². The van der Waals surface area contributed by atoms with Crippen molar-refractivity contribution in [2.24, 2.45) is 0 Å². The molecule has 1 aromatic carbocycles. The SMILES string of the molecule is CCn1cc2ncc(N[C@@H](C)c3cc(NC(=O)Cc4ccc(F)cn4)ccc3C)nc2n1. The maximum absolute atomic E-state index is 13.0. The average molecular weight is 433 g/mol. The number of aromatic nitrogens is 5. The average Bonchev–Trinajstić information content (AvgIpc) is 3.19. The summed E-state index contributed by atoms with van der Waals surface area (Å²) >= 11 is 0. The van der Waals surface area contributed by atoms with Crippen molar-refractivity contribution in [3.8, 4) is 0 Å².